The molecule has 0 saturated carbocycles. The van der Waals surface area contributed by atoms with E-state index < -0.39 is 0 Å². The number of piperidine rings is 1. The Kier molecular flexibility index (Phi) is 6.46. The first-order valence-corrected chi connectivity index (χ1v) is 10.5. The van der Waals surface area contributed by atoms with E-state index >= 15 is 0 Å². The van der Waals surface area contributed by atoms with Crippen LogP contribution in [0.1, 0.15) is 24.0 Å². The Balaban J connectivity index is 1.22. The average Bonchev–Trinajstić information content (AvgIpc) is 3.23. The summed E-state index contributed by atoms with van der Waals surface area (Å²) in [5, 5.41) is 3.13. The van der Waals surface area contributed by atoms with Crippen molar-refractivity contribution in [2.24, 2.45) is 0 Å². The minimum absolute atomic E-state index is 0.0895. The summed E-state index contributed by atoms with van der Waals surface area (Å²) in [6.45, 7) is 3.12. The van der Waals surface area contributed by atoms with Crippen LogP contribution in [0.3, 0.4) is 0 Å². The van der Waals surface area contributed by atoms with E-state index in [1.54, 1.807) is 18.0 Å². The fourth-order valence-electron chi connectivity index (χ4n) is 3.97. The van der Waals surface area contributed by atoms with E-state index in [4.69, 9.17) is 14.2 Å². The fraction of sp³-hybridized carbons (Fsp3) is 0.435. The van der Waals surface area contributed by atoms with Crippen LogP contribution in [0, 0.1) is 5.82 Å². The topological polar surface area (TPSA) is 63.3 Å². The molecule has 0 radical (unpaired) electrons. The van der Waals surface area contributed by atoms with Crippen molar-refractivity contribution >= 4 is 6.03 Å². The molecule has 2 heterocycles. The number of methoxy groups -OCH3 is 1. The number of benzene rings is 2. The van der Waals surface area contributed by atoms with Crippen molar-refractivity contribution < 1.29 is 23.4 Å². The zero-order valence-electron chi connectivity index (χ0n) is 17.9. The van der Waals surface area contributed by atoms with Crippen LogP contribution in [0.15, 0.2) is 36.4 Å². The van der Waals surface area contributed by atoms with Crippen molar-refractivity contribution in [2.75, 3.05) is 34.0 Å². The highest BCUT2D eigenvalue weighted by Crippen LogP contribution is 2.32. The summed E-state index contributed by atoms with van der Waals surface area (Å²) >= 11 is 0. The number of halogens is 1. The van der Waals surface area contributed by atoms with Crippen molar-refractivity contribution in [3.05, 3.63) is 53.3 Å². The number of carbonyl (C=O) groups excluding carboxylic acids is 1. The quantitative estimate of drug-likeness (QED) is 0.763. The maximum Gasteiger partial charge on any atom is 0.317 e. The predicted molar refractivity (Wildman–Crippen MR) is 114 cm³/mol. The number of hydrogen-bond donors (Lipinski definition) is 1. The van der Waals surface area contributed by atoms with Gasteiger partial charge in [-0.05, 0) is 48.2 Å². The van der Waals surface area contributed by atoms with Crippen LogP contribution in [-0.2, 0) is 13.1 Å². The van der Waals surface area contributed by atoms with Crippen LogP contribution in [0.4, 0.5) is 9.18 Å². The van der Waals surface area contributed by atoms with Gasteiger partial charge >= 0.3 is 6.03 Å². The largest absolute Gasteiger partial charge is 0.494 e. The number of nitrogens with zero attached hydrogens (tertiary/aromatic N) is 2. The molecule has 0 bridgehead atoms. The highest BCUT2D eigenvalue weighted by molar-refractivity contribution is 5.74. The third-order valence-corrected chi connectivity index (χ3v) is 5.74. The van der Waals surface area contributed by atoms with Crippen molar-refractivity contribution in [2.45, 2.75) is 32.0 Å². The van der Waals surface area contributed by atoms with Crippen LogP contribution in [0.25, 0.3) is 0 Å². The second-order valence-corrected chi connectivity index (χ2v) is 8.01. The summed E-state index contributed by atoms with van der Waals surface area (Å²) in [5.41, 5.74) is 1.91. The molecule has 0 atom stereocenters. The molecule has 2 amide bonds. The van der Waals surface area contributed by atoms with E-state index in [-0.39, 0.29) is 30.4 Å². The van der Waals surface area contributed by atoms with Gasteiger partial charge in [0.05, 0.1) is 7.11 Å². The summed E-state index contributed by atoms with van der Waals surface area (Å²) in [7, 11) is 3.25. The van der Waals surface area contributed by atoms with Gasteiger partial charge in [0.1, 0.15) is 0 Å². The molecule has 0 aromatic heterocycles. The summed E-state index contributed by atoms with van der Waals surface area (Å²) in [5.74, 6) is 1.37. The molecule has 166 valence electrons. The molecule has 2 aromatic carbocycles. The van der Waals surface area contributed by atoms with Gasteiger partial charge in [0.2, 0.25) is 6.79 Å². The van der Waals surface area contributed by atoms with E-state index in [1.165, 1.54) is 13.2 Å². The number of amides is 2. The van der Waals surface area contributed by atoms with Crippen molar-refractivity contribution in [3.8, 4) is 17.2 Å². The molecule has 1 fully saturated rings. The third kappa shape index (κ3) is 5.19. The maximum atomic E-state index is 13.9. The Morgan fingerprint density at radius 1 is 1.16 bits per heavy atom. The molecule has 2 aliphatic heterocycles. The fourth-order valence-corrected chi connectivity index (χ4v) is 3.97. The molecule has 4 rings (SSSR count). The first kappa shape index (κ1) is 21.2. The Bertz CT molecular complexity index is 931. The molecule has 2 aliphatic rings. The van der Waals surface area contributed by atoms with E-state index in [1.807, 2.05) is 24.3 Å². The van der Waals surface area contributed by atoms with Gasteiger partial charge in [-0.3, -0.25) is 4.90 Å². The lowest BCUT2D eigenvalue weighted by atomic mass is 10.0. The predicted octanol–water partition coefficient (Wildman–Crippen LogP) is 3.37. The van der Waals surface area contributed by atoms with Crippen LogP contribution in [0.2, 0.25) is 0 Å². The zero-order chi connectivity index (χ0) is 21.8. The first-order chi connectivity index (χ1) is 15.0. The molecule has 8 heteroatoms. The van der Waals surface area contributed by atoms with Crippen molar-refractivity contribution in [1.29, 1.82) is 0 Å². The number of hydrogen-bond acceptors (Lipinski definition) is 5. The van der Waals surface area contributed by atoms with Gasteiger partial charge in [0, 0.05) is 39.3 Å². The lowest BCUT2D eigenvalue weighted by molar-refractivity contribution is 0.172. The highest BCUT2D eigenvalue weighted by atomic mass is 19.1. The number of urea groups is 1. The molecular weight excluding hydrogens is 401 g/mol. The van der Waals surface area contributed by atoms with E-state index in [0.717, 1.165) is 48.6 Å². The molecule has 0 aliphatic carbocycles. The number of ether oxygens (including phenoxy) is 3. The molecule has 1 saturated heterocycles. The van der Waals surface area contributed by atoms with Gasteiger partial charge in [-0.15, -0.1) is 0 Å². The average molecular weight is 429 g/mol. The van der Waals surface area contributed by atoms with Crippen LogP contribution in [-0.4, -0.2) is 55.9 Å². The van der Waals surface area contributed by atoms with Gasteiger partial charge in [0.25, 0.3) is 0 Å². The molecular formula is C23H28FN3O4. The number of fused-ring (bicyclic) bond motifs is 1. The Morgan fingerprint density at radius 3 is 2.65 bits per heavy atom. The Hall–Kier alpha value is -3.00. The van der Waals surface area contributed by atoms with E-state index in [2.05, 4.69) is 10.2 Å². The molecule has 31 heavy (non-hydrogen) atoms. The number of carbonyl (C=O) groups is 1. The molecule has 7 nitrogen and oxygen atoms in total. The third-order valence-electron chi connectivity index (χ3n) is 5.74. The monoisotopic (exact) mass is 429 g/mol. The Morgan fingerprint density at radius 2 is 1.90 bits per heavy atom. The first-order valence-electron chi connectivity index (χ1n) is 10.5. The lowest BCUT2D eigenvalue weighted by Crippen LogP contribution is -2.48. The zero-order valence-corrected chi connectivity index (χ0v) is 17.9. The number of rotatable bonds is 6. The van der Waals surface area contributed by atoms with Crippen LogP contribution in [0.5, 0.6) is 17.2 Å². The van der Waals surface area contributed by atoms with Gasteiger partial charge in [-0.25, -0.2) is 9.18 Å². The standard InChI is InChI=1S/C23H28FN3O4/c1-26(13-17-4-6-21-22(12-17)31-15-30-21)23(28)25-18-7-9-27(10-8-18)14-16-3-5-20(29-2)19(24)11-16/h3-6,11-12,18H,7-10,13-15H2,1-2H3,(H,25,28). The second kappa shape index (κ2) is 9.43. The summed E-state index contributed by atoms with van der Waals surface area (Å²) in [6.07, 6.45) is 1.73. The van der Waals surface area contributed by atoms with Gasteiger partial charge in [-0.2, -0.15) is 0 Å². The number of likely N-dealkylation sites (tertiary alicyclic amines) is 1. The minimum atomic E-state index is -0.340. The second-order valence-electron chi connectivity index (χ2n) is 8.01. The van der Waals surface area contributed by atoms with Gasteiger partial charge in [0.15, 0.2) is 23.1 Å². The van der Waals surface area contributed by atoms with Crippen LogP contribution < -0.4 is 19.5 Å². The summed E-state index contributed by atoms with van der Waals surface area (Å²) in [6, 6.07) is 10.8. The normalized spacial score (nSPS) is 16.2. The van der Waals surface area contributed by atoms with E-state index in [9.17, 15) is 9.18 Å². The molecule has 0 unspecified atom stereocenters. The maximum absolute atomic E-state index is 13.9. The van der Waals surface area contributed by atoms with E-state index in [0.29, 0.717) is 13.1 Å². The van der Waals surface area contributed by atoms with Gasteiger partial charge in [-0.1, -0.05) is 12.1 Å². The van der Waals surface area contributed by atoms with Gasteiger partial charge < -0.3 is 24.4 Å². The molecule has 2 aromatic rings. The van der Waals surface area contributed by atoms with Crippen molar-refractivity contribution in [3.63, 3.8) is 0 Å². The summed E-state index contributed by atoms with van der Waals surface area (Å²) < 4.78 is 29.6. The SMILES string of the molecule is COc1ccc(CN2CCC(NC(=O)N(C)Cc3ccc4c(c3)OCO4)CC2)cc1F. The number of nitrogens with one attached hydrogen (secondary N) is 1. The molecule has 1 N–H and O–H groups in total. The Labute approximate surface area is 181 Å². The smallest absolute Gasteiger partial charge is 0.317 e. The molecule has 0 spiro atoms. The lowest BCUT2D eigenvalue weighted by Gasteiger charge is -2.33. The minimum Gasteiger partial charge on any atom is -0.494 e. The summed E-state index contributed by atoms with van der Waals surface area (Å²) in [4.78, 5) is 16.6. The highest BCUT2D eigenvalue weighted by Gasteiger charge is 2.23. The van der Waals surface area contributed by atoms with Crippen LogP contribution >= 0.6 is 0 Å². The van der Waals surface area contributed by atoms with Crippen molar-refractivity contribution in [1.82, 2.24) is 15.1 Å².